The van der Waals surface area contributed by atoms with Gasteiger partial charge in [0.05, 0.1) is 16.3 Å². The molecule has 0 unspecified atom stereocenters. The molecule has 0 aliphatic rings. The molecule has 0 aromatic heterocycles. The molecular formula is C14H19ClN2O3. The molecule has 1 amide bonds. The predicted octanol–water partition coefficient (Wildman–Crippen LogP) is 2.38. The third-order valence-corrected chi connectivity index (χ3v) is 3.04. The van der Waals surface area contributed by atoms with Crippen LogP contribution in [0.25, 0.3) is 0 Å². The molecule has 0 saturated heterocycles. The van der Waals surface area contributed by atoms with Crippen LogP contribution in [0.15, 0.2) is 18.2 Å². The first-order valence-corrected chi connectivity index (χ1v) is 6.83. The van der Waals surface area contributed by atoms with Gasteiger partial charge in [-0.2, -0.15) is 0 Å². The van der Waals surface area contributed by atoms with Gasteiger partial charge in [0.25, 0.3) is 5.91 Å². The largest absolute Gasteiger partial charge is 0.452 e. The molecule has 5 nitrogen and oxygen atoms in total. The van der Waals surface area contributed by atoms with E-state index in [1.807, 2.05) is 13.8 Å². The predicted molar refractivity (Wildman–Crippen MR) is 78.7 cm³/mol. The number of benzene rings is 1. The number of nitrogens with two attached hydrogens (primary N) is 1. The van der Waals surface area contributed by atoms with Crippen molar-refractivity contribution in [1.82, 2.24) is 5.32 Å². The average molecular weight is 299 g/mol. The Balaban J connectivity index is 2.46. The van der Waals surface area contributed by atoms with Gasteiger partial charge in [-0.05, 0) is 31.5 Å². The molecule has 1 atom stereocenters. The van der Waals surface area contributed by atoms with Gasteiger partial charge in [-0.1, -0.05) is 24.9 Å². The summed E-state index contributed by atoms with van der Waals surface area (Å²) in [6, 6.07) is 4.50. The van der Waals surface area contributed by atoms with Crippen molar-refractivity contribution >= 4 is 29.2 Å². The Kier molecular flexibility index (Phi) is 6.31. The number of esters is 1. The van der Waals surface area contributed by atoms with Gasteiger partial charge in [-0.25, -0.2) is 4.79 Å². The maximum atomic E-state index is 11.7. The van der Waals surface area contributed by atoms with Crippen LogP contribution < -0.4 is 11.1 Å². The fraction of sp³-hybridized carbons (Fsp3) is 0.429. The van der Waals surface area contributed by atoms with Crippen LogP contribution in [0.1, 0.15) is 37.0 Å². The lowest BCUT2D eigenvalue weighted by atomic mass is 10.2. The lowest BCUT2D eigenvalue weighted by Gasteiger charge is -2.12. The Labute approximate surface area is 123 Å². The second-order valence-electron chi connectivity index (χ2n) is 4.57. The van der Waals surface area contributed by atoms with E-state index in [0.29, 0.717) is 10.7 Å². The number of nitrogens with one attached hydrogen (secondary N) is 1. The lowest BCUT2D eigenvalue weighted by Crippen LogP contribution is -2.35. The minimum atomic E-state index is -0.605. The van der Waals surface area contributed by atoms with Crippen LogP contribution in [0.4, 0.5) is 5.69 Å². The topological polar surface area (TPSA) is 81.4 Å². The molecule has 110 valence electrons. The van der Waals surface area contributed by atoms with Crippen molar-refractivity contribution in [2.45, 2.75) is 32.7 Å². The standard InChI is InChI=1S/C14H19ClN2O3/c1-3-4-9(2)17-13(18)8-20-14(19)10-5-6-11(15)12(16)7-10/h5-7,9H,3-4,8,16H2,1-2H3,(H,17,18)/t9-/m0/s1. The molecule has 1 rings (SSSR count). The zero-order chi connectivity index (χ0) is 15.1. The third kappa shape index (κ3) is 5.09. The monoisotopic (exact) mass is 298 g/mol. The van der Waals surface area contributed by atoms with Crippen molar-refractivity contribution < 1.29 is 14.3 Å². The molecule has 6 heteroatoms. The van der Waals surface area contributed by atoms with E-state index in [1.54, 1.807) is 0 Å². The van der Waals surface area contributed by atoms with E-state index in [-0.39, 0.29) is 24.1 Å². The number of anilines is 1. The zero-order valence-corrected chi connectivity index (χ0v) is 12.4. The molecule has 1 aromatic rings. The number of rotatable bonds is 6. The molecule has 0 aliphatic heterocycles. The third-order valence-electron chi connectivity index (χ3n) is 2.70. The fourth-order valence-corrected chi connectivity index (χ4v) is 1.82. The summed E-state index contributed by atoms with van der Waals surface area (Å²) in [5.74, 6) is -0.923. The van der Waals surface area contributed by atoms with Gasteiger partial charge >= 0.3 is 5.97 Å². The highest BCUT2D eigenvalue weighted by Crippen LogP contribution is 2.19. The van der Waals surface area contributed by atoms with Crippen molar-refractivity contribution in [2.24, 2.45) is 0 Å². The Morgan fingerprint density at radius 3 is 2.75 bits per heavy atom. The van der Waals surface area contributed by atoms with E-state index in [4.69, 9.17) is 22.1 Å². The van der Waals surface area contributed by atoms with E-state index in [9.17, 15) is 9.59 Å². The molecule has 0 aliphatic carbocycles. The minimum Gasteiger partial charge on any atom is -0.452 e. The lowest BCUT2D eigenvalue weighted by molar-refractivity contribution is -0.124. The molecule has 0 saturated carbocycles. The van der Waals surface area contributed by atoms with Crippen molar-refractivity contribution in [3.8, 4) is 0 Å². The quantitative estimate of drug-likeness (QED) is 0.624. The second kappa shape index (κ2) is 7.75. The highest BCUT2D eigenvalue weighted by molar-refractivity contribution is 6.33. The maximum absolute atomic E-state index is 11.7. The summed E-state index contributed by atoms with van der Waals surface area (Å²) in [6.45, 7) is 3.63. The van der Waals surface area contributed by atoms with Crippen LogP contribution in [0.3, 0.4) is 0 Å². The van der Waals surface area contributed by atoms with Crippen LogP contribution >= 0.6 is 11.6 Å². The first-order valence-electron chi connectivity index (χ1n) is 6.45. The average Bonchev–Trinajstić information content (AvgIpc) is 2.39. The van der Waals surface area contributed by atoms with Crippen LogP contribution in [-0.2, 0) is 9.53 Å². The molecular weight excluding hydrogens is 280 g/mol. The van der Waals surface area contributed by atoms with Crippen molar-refractivity contribution in [3.05, 3.63) is 28.8 Å². The normalized spacial score (nSPS) is 11.8. The van der Waals surface area contributed by atoms with Crippen molar-refractivity contribution in [3.63, 3.8) is 0 Å². The molecule has 0 heterocycles. The number of hydrogen-bond acceptors (Lipinski definition) is 4. The first kappa shape index (κ1) is 16.3. The Hall–Kier alpha value is -1.75. The number of amides is 1. The van der Waals surface area contributed by atoms with Gasteiger partial charge < -0.3 is 15.8 Å². The Bertz CT molecular complexity index is 491. The zero-order valence-electron chi connectivity index (χ0n) is 11.6. The number of carbonyl (C=O) groups is 2. The molecule has 3 N–H and O–H groups in total. The Morgan fingerprint density at radius 1 is 1.45 bits per heavy atom. The van der Waals surface area contributed by atoms with Crippen molar-refractivity contribution in [2.75, 3.05) is 12.3 Å². The molecule has 0 fully saturated rings. The first-order chi connectivity index (χ1) is 9.43. The molecule has 20 heavy (non-hydrogen) atoms. The summed E-state index contributed by atoms with van der Waals surface area (Å²) in [7, 11) is 0. The number of nitrogen functional groups attached to an aromatic ring is 1. The van der Waals surface area contributed by atoms with Crippen LogP contribution in [-0.4, -0.2) is 24.5 Å². The van der Waals surface area contributed by atoms with E-state index in [1.165, 1.54) is 18.2 Å². The number of hydrogen-bond donors (Lipinski definition) is 2. The summed E-state index contributed by atoms with van der Waals surface area (Å²) in [5, 5.41) is 3.11. The summed E-state index contributed by atoms with van der Waals surface area (Å²) in [6.07, 6.45) is 1.86. The SMILES string of the molecule is CCC[C@H](C)NC(=O)COC(=O)c1ccc(Cl)c(N)c1. The van der Waals surface area contributed by atoms with Crippen LogP contribution in [0.2, 0.25) is 5.02 Å². The number of carbonyl (C=O) groups excluding carboxylic acids is 2. The van der Waals surface area contributed by atoms with Gasteiger partial charge in [-0.15, -0.1) is 0 Å². The molecule has 0 bridgehead atoms. The van der Waals surface area contributed by atoms with Gasteiger partial charge in [0.1, 0.15) is 0 Å². The number of halogens is 1. The Morgan fingerprint density at radius 2 is 2.15 bits per heavy atom. The fourth-order valence-electron chi connectivity index (χ4n) is 1.71. The van der Waals surface area contributed by atoms with Gasteiger partial charge in [0.2, 0.25) is 0 Å². The molecule has 1 aromatic carbocycles. The van der Waals surface area contributed by atoms with E-state index in [2.05, 4.69) is 5.32 Å². The van der Waals surface area contributed by atoms with Gasteiger partial charge in [-0.3, -0.25) is 4.79 Å². The smallest absolute Gasteiger partial charge is 0.338 e. The van der Waals surface area contributed by atoms with Crippen molar-refractivity contribution in [1.29, 1.82) is 0 Å². The summed E-state index contributed by atoms with van der Waals surface area (Å²) in [4.78, 5) is 23.3. The maximum Gasteiger partial charge on any atom is 0.338 e. The van der Waals surface area contributed by atoms with Crippen LogP contribution in [0, 0.1) is 0 Å². The van der Waals surface area contributed by atoms with Gasteiger partial charge in [0, 0.05) is 6.04 Å². The second-order valence-corrected chi connectivity index (χ2v) is 4.98. The number of ether oxygens (including phenoxy) is 1. The molecule has 0 spiro atoms. The van der Waals surface area contributed by atoms with Gasteiger partial charge in [0.15, 0.2) is 6.61 Å². The van der Waals surface area contributed by atoms with E-state index in [0.717, 1.165) is 12.8 Å². The highest BCUT2D eigenvalue weighted by atomic mass is 35.5. The van der Waals surface area contributed by atoms with Crippen LogP contribution in [0.5, 0.6) is 0 Å². The molecule has 0 radical (unpaired) electrons. The van der Waals surface area contributed by atoms with E-state index < -0.39 is 5.97 Å². The summed E-state index contributed by atoms with van der Waals surface area (Å²) >= 11 is 5.76. The van der Waals surface area contributed by atoms with E-state index >= 15 is 0 Å². The summed E-state index contributed by atoms with van der Waals surface area (Å²) in [5.41, 5.74) is 6.15. The highest BCUT2D eigenvalue weighted by Gasteiger charge is 2.12. The minimum absolute atomic E-state index is 0.0670. The summed E-state index contributed by atoms with van der Waals surface area (Å²) < 4.78 is 4.91.